The van der Waals surface area contributed by atoms with Crippen LogP contribution in [0.4, 0.5) is 0 Å². The van der Waals surface area contributed by atoms with Gasteiger partial charge in [0, 0.05) is 0 Å². The van der Waals surface area contributed by atoms with Gasteiger partial charge >= 0.3 is 5.97 Å². The second-order valence-electron chi connectivity index (χ2n) is 4.45. The van der Waals surface area contributed by atoms with Crippen LogP contribution in [0.5, 0.6) is 11.5 Å². The summed E-state index contributed by atoms with van der Waals surface area (Å²) in [5.41, 5.74) is 0.102. The van der Waals surface area contributed by atoms with Crippen molar-refractivity contribution in [3.8, 4) is 22.2 Å². The largest absolute Gasteiger partial charge is 0.493 e. The fourth-order valence-corrected chi connectivity index (χ4v) is 2.53. The smallest absolute Gasteiger partial charge is 0.335 e. The van der Waals surface area contributed by atoms with Gasteiger partial charge in [-0.05, 0) is 29.6 Å². The number of rotatable bonds is 6. The maximum Gasteiger partial charge on any atom is 0.335 e. The number of thiophene rings is 1. The molecular formula is C15H12N2O5S. The van der Waals surface area contributed by atoms with Crippen molar-refractivity contribution in [1.82, 2.24) is 10.1 Å². The first kappa shape index (κ1) is 15.0. The van der Waals surface area contributed by atoms with Crippen molar-refractivity contribution in [2.24, 2.45) is 0 Å². The predicted octanol–water partition coefficient (Wildman–Crippen LogP) is 3.08. The molecule has 0 amide bonds. The zero-order valence-corrected chi connectivity index (χ0v) is 12.9. The van der Waals surface area contributed by atoms with E-state index in [0.717, 1.165) is 4.88 Å². The van der Waals surface area contributed by atoms with Crippen LogP contribution in [0.25, 0.3) is 10.7 Å². The van der Waals surface area contributed by atoms with E-state index >= 15 is 0 Å². The first-order valence-corrected chi connectivity index (χ1v) is 7.46. The quantitative estimate of drug-likeness (QED) is 0.741. The minimum atomic E-state index is -1.05. The SMILES string of the molecule is COc1ccc(C(=O)O)cc1OCc1nc(-c2cccs2)no1. The molecule has 1 aromatic carbocycles. The van der Waals surface area contributed by atoms with Gasteiger partial charge in [0.1, 0.15) is 0 Å². The van der Waals surface area contributed by atoms with Gasteiger partial charge in [0.2, 0.25) is 5.82 Å². The number of benzene rings is 1. The normalized spacial score (nSPS) is 10.5. The fourth-order valence-electron chi connectivity index (χ4n) is 1.88. The number of carbonyl (C=O) groups is 1. The Morgan fingerprint density at radius 3 is 2.91 bits per heavy atom. The summed E-state index contributed by atoms with van der Waals surface area (Å²) in [6.45, 7) is 0.0117. The monoisotopic (exact) mass is 332 g/mol. The van der Waals surface area contributed by atoms with Gasteiger partial charge in [-0.15, -0.1) is 11.3 Å². The maximum atomic E-state index is 11.0. The molecule has 8 heteroatoms. The molecule has 0 bridgehead atoms. The van der Waals surface area contributed by atoms with E-state index < -0.39 is 5.97 Å². The van der Waals surface area contributed by atoms with E-state index in [1.165, 1.54) is 36.6 Å². The van der Waals surface area contributed by atoms with Crippen LogP contribution in [0.2, 0.25) is 0 Å². The van der Waals surface area contributed by atoms with Crippen LogP contribution in [0, 0.1) is 0 Å². The molecule has 0 unspecified atom stereocenters. The van der Waals surface area contributed by atoms with Gasteiger partial charge in [-0.3, -0.25) is 0 Å². The van der Waals surface area contributed by atoms with E-state index in [-0.39, 0.29) is 18.1 Å². The summed E-state index contributed by atoms with van der Waals surface area (Å²) in [5, 5.41) is 14.8. The summed E-state index contributed by atoms with van der Waals surface area (Å²) >= 11 is 1.50. The van der Waals surface area contributed by atoms with Crippen molar-refractivity contribution in [2.75, 3.05) is 7.11 Å². The van der Waals surface area contributed by atoms with Gasteiger partial charge in [-0.25, -0.2) is 4.79 Å². The van der Waals surface area contributed by atoms with Gasteiger partial charge in [0.15, 0.2) is 18.1 Å². The molecule has 23 heavy (non-hydrogen) atoms. The highest BCUT2D eigenvalue weighted by Crippen LogP contribution is 2.29. The standard InChI is InChI=1S/C15H12N2O5S/c1-20-10-5-4-9(15(18)19)7-11(10)21-8-13-16-14(17-22-13)12-3-2-6-23-12/h2-7H,8H2,1H3,(H,18,19). The number of carboxylic acids is 1. The lowest BCUT2D eigenvalue weighted by molar-refractivity contribution is 0.0696. The van der Waals surface area contributed by atoms with E-state index in [1.807, 2.05) is 17.5 Å². The van der Waals surface area contributed by atoms with Crippen LogP contribution in [-0.4, -0.2) is 28.3 Å². The molecule has 7 nitrogen and oxygen atoms in total. The second-order valence-corrected chi connectivity index (χ2v) is 5.40. The highest BCUT2D eigenvalue weighted by Gasteiger charge is 2.13. The summed E-state index contributed by atoms with van der Waals surface area (Å²) < 4.78 is 15.8. The highest BCUT2D eigenvalue weighted by molar-refractivity contribution is 7.13. The minimum absolute atomic E-state index is 0.0117. The van der Waals surface area contributed by atoms with E-state index in [2.05, 4.69) is 10.1 Å². The number of carboxylic acid groups (broad SMARTS) is 1. The number of aromatic nitrogens is 2. The van der Waals surface area contributed by atoms with Gasteiger partial charge in [0.05, 0.1) is 17.6 Å². The van der Waals surface area contributed by atoms with Crippen molar-refractivity contribution in [2.45, 2.75) is 6.61 Å². The van der Waals surface area contributed by atoms with E-state index in [4.69, 9.17) is 19.1 Å². The molecule has 0 spiro atoms. The molecule has 3 rings (SSSR count). The molecule has 0 saturated carbocycles. The third-order valence-electron chi connectivity index (χ3n) is 2.97. The molecule has 2 aromatic heterocycles. The van der Waals surface area contributed by atoms with E-state index in [0.29, 0.717) is 17.3 Å². The van der Waals surface area contributed by atoms with Crippen LogP contribution >= 0.6 is 11.3 Å². The lowest BCUT2D eigenvalue weighted by Crippen LogP contribution is -2.01. The third-order valence-corrected chi connectivity index (χ3v) is 3.84. The Labute approximate surface area is 135 Å². The average Bonchev–Trinajstić information content (AvgIpc) is 3.23. The predicted molar refractivity (Wildman–Crippen MR) is 81.9 cm³/mol. The minimum Gasteiger partial charge on any atom is -0.493 e. The van der Waals surface area contributed by atoms with Crippen LogP contribution < -0.4 is 9.47 Å². The molecule has 2 heterocycles. The Morgan fingerprint density at radius 1 is 1.35 bits per heavy atom. The first-order valence-electron chi connectivity index (χ1n) is 6.58. The lowest BCUT2D eigenvalue weighted by Gasteiger charge is -2.09. The molecule has 3 aromatic rings. The van der Waals surface area contributed by atoms with Crippen LogP contribution in [0.1, 0.15) is 16.2 Å². The van der Waals surface area contributed by atoms with Gasteiger partial charge in [-0.1, -0.05) is 11.2 Å². The van der Waals surface area contributed by atoms with Gasteiger partial charge in [-0.2, -0.15) is 4.98 Å². The Balaban J connectivity index is 1.75. The van der Waals surface area contributed by atoms with Crippen molar-refractivity contribution in [3.05, 3.63) is 47.2 Å². The summed E-state index contributed by atoms with van der Waals surface area (Å²) in [7, 11) is 1.48. The Morgan fingerprint density at radius 2 is 2.22 bits per heavy atom. The Kier molecular flexibility index (Phi) is 4.24. The number of nitrogens with zero attached hydrogens (tertiary/aromatic N) is 2. The number of aromatic carboxylic acids is 1. The van der Waals surface area contributed by atoms with E-state index in [1.54, 1.807) is 0 Å². The van der Waals surface area contributed by atoms with Crippen LogP contribution in [0.3, 0.4) is 0 Å². The molecule has 0 aliphatic carbocycles. The number of ether oxygens (including phenoxy) is 2. The topological polar surface area (TPSA) is 94.7 Å². The Bertz CT molecular complexity index is 813. The zero-order chi connectivity index (χ0) is 16.2. The second kappa shape index (κ2) is 6.49. The summed E-state index contributed by atoms with van der Waals surface area (Å²) in [4.78, 5) is 16.2. The fraction of sp³-hybridized carbons (Fsp3) is 0.133. The highest BCUT2D eigenvalue weighted by atomic mass is 32.1. The van der Waals surface area contributed by atoms with Crippen molar-refractivity contribution >= 4 is 17.3 Å². The van der Waals surface area contributed by atoms with Crippen molar-refractivity contribution < 1.29 is 23.9 Å². The first-order chi connectivity index (χ1) is 11.2. The summed E-state index contributed by atoms with van der Waals surface area (Å²) in [6, 6.07) is 8.14. The summed E-state index contributed by atoms with van der Waals surface area (Å²) in [6.07, 6.45) is 0. The molecule has 1 N–H and O–H groups in total. The molecule has 118 valence electrons. The van der Waals surface area contributed by atoms with Crippen molar-refractivity contribution in [3.63, 3.8) is 0 Å². The Hall–Kier alpha value is -2.87. The molecule has 0 aliphatic rings. The molecule has 0 aliphatic heterocycles. The van der Waals surface area contributed by atoms with Gasteiger partial charge in [0.25, 0.3) is 5.89 Å². The number of methoxy groups -OCH3 is 1. The molecule has 0 fully saturated rings. The van der Waals surface area contributed by atoms with E-state index in [9.17, 15) is 4.79 Å². The maximum absolute atomic E-state index is 11.0. The van der Waals surface area contributed by atoms with Crippen LogP contribution in [0.15, 0.2) is 40.2 Å². The number of hydrogen-bond donors (Lipinski definition) is 1. The molecular weight excluding hydrogens is 320 g/mol. The summed E-state index contributed by atoms with van der Waals surface area (Å²) in [5.74, 6) is 0.451. The average molecular weight is 332 g/mol. The zero-order valence-electron chi connectivity index (χ0n) is 12.1. The molecule has 0 atom stereocenters. The van der Waals surface area contributed by atoms with Crippen molar-refractivity contribution in [1.29, 1.82) is 0 Å². The molecule has 0 radical (unpaired) electrons. The molecule has 0 saturated heterocycles. The van der Waals surface area contributed by atoms with Crippen LogP contribution in [-0.2, 0) is 6.61 Å². The third kappa shape index (κ3) is 3.32. The lowest BCUT2D eigenvalue weighted by atomic mass is 10.2. The number of hydrogen-bond acceptors (Lipinski definition) is 7. The van der Waals surface area contributed by atoms with Gasteiger partial charge < -0.3 is 19.1 Å².